The van der Waals surface area contributed by atoms with Crippen LogP contribution in [0.5, 0.6) is 0 Å². The maximum Gasteiger partial charge on any atom is 0.322 e. The highest BCUT2D eigenvalue weighted by Gasteiger charge is 2.32. The molecule has 1 aliphatic heterocycles. The number of amides is 2. The Hall–Kier alpha value is -2.33. The van der Waals surface area contributed by atoms with Crippen molar-refractivity contribution in [3.05, 3.63) is 66.2 Å². The second kappa shape index (κ2) is 6.62. The van der Waals surface area contributed by atoms with E-state index in [-0.39, 0.29) is 18.2 Å². The summed E-state index contributed by atoms with van der Waals surface area (Å²) in [6, 6.07) is 19.5. The molecule has 0 bridgehead atoms. The molecule has 0 aromatic heterocycles. The maximum absolute atomic E-state index is 12.5. The van der Waals surface area contributed by atoms with E-state index in [0.29, 0.717) is 13.2 Å². The lowest BCUT2D eigenvalue weighted by Crippen LogP contribution is -2.50. The van der Waals surface area contributed by atoms with Crippen LogP contribution in [0.2, 0.25) is 0 Å². The summed E-state index contributed by atoms with van der Waals surface area (Å²) in [6.07, 6.45) is -0.0866. The number of para-hydroxylation sites is 1. The maximum atomic E-state index is 12.5. The molecule has 4 nitrogen and oxygen atoms in total. The van der Waals surface area contributed by atoms with Crippen molar-refractivity contribution in [3.63, 3.8) is 0 Å². The van der Waals surface area contributed by atoms with Crippen LogP contribution in [0.25, 0.3) is 0 Å². The van der Waals surface area contributed by atoms with Crippen molar-refractivity contribution in [2.24, 2.45) is 0 Å². The van der Waals surface area contributed by atoms with Gasteiger partial charge in [-0.05, 0) is 24.6 Å². The van der Waals surface area contributed by atoms with Crippen LogP contribution in [0.4, 0.5) is 10.5 Å². The van der Waals surface area contributed by atoms with E-state index in [2.05, 4.69) is 5.32 Å². The molecule has 0 radical (unpaired) electrons. The largest absolute Gasteiger partial charge is 0.370 e. The van der Waals surface area contributed by atoms with Crippen LogP contribution < -0.4 is 5.32 Å². The Morgan fingerprint density at radius 3 is 2.41 bits per heavy atom. The molecule has 2 amide bonds. The first-order valence-electron chi connectivity index (χ1n) is 7.55. The van der Waals surface area contributed by atoms with E-state index < -0.39 is 0 Å². The fourth-order valence-corrected chi connectivity index (χ4v) is 2.81. The van der Waals surface area contributed by atoms with Crippen molar-refractivity contribution < 1.29 is 9.53 Å². The first-order valence-corrected chi connectivity index (χ1v) is 7.55. The molecule has 114 valence electrons. The second-order valence-corrected chi connectivity index (χ2v) is 5.43. The number of hydrogen-bond donors (Lipinski definition) is 1. The van der Waals surface area contributed by atoms with Crippen LogP contribution >= 0.6 is 0 Å². The van der Waals surface area contributed by atoms with E-state index in [9.17, 15) is 4.79 Å². The molecule has 2 aromatic rings. The van der Waals surface area contributed by atoms with Crippen molar-refractivity contribution in [2.45, 2.75) is 19.1 Å². The Balaban J connectivity index is 1.72. The number of nitrogens with one attached hydrogen (secondary N) is 1. The molecule has 1 saturated heterocycles. The number of anilines is 1. The Kier molecular flexibility index (Phi) is 4.39. The van der Waals surface area contributed by atoms with Crippen molar-refractivity contribution in [1.29, 1.82) is 0 Å². The van der Waals surface area contributed by atoms with Gasteiger partial charge in [0.1, 0.15) is 6.10 Å². The fraction of sp³-hybridized carbons (Fsp3) is 0.278. The average Bonchev–Trinajstić information content (AvgIpc) is 2.56. The van der Waals surface area contributed by atoms with Gasteiger partial charge in [0.2, 0.25) is 0 Å². The van der Waals surface area contributed by atoms with Crippen LogP contribution in [0, 0.1) is 0 Å². The molecular formula is C18H20N2O2. The number of rotatable bonds is 2. The minimum atomic E-state index is -0.0866. The Morgan fingerprint density at radius 2 is 1.73 bits per heavy atom. The number of morpholine rings is 1. The predicted molar refractivity (Wildman–Crippen MR) is 86.8 cm³/mol. The molecule has 2 unspecified atom stereocenters. The van der Waals surface area contributed by atoms with Crippen LogP contribution in [0.15, 0.2) is 60.7 Å². The Morgan fingerprint density at radius 1 is 1.09 bits per heavy atom. The topological polar surface area (TPSA) is 41.6 Å². The van der Waals surface area contributed by atoms with Gasteiger partial charge in [0.15, 0.2) is 0 Å². The number of carbonyl (C=O) groups is 1. The number of urea groups is 1. The van der Waals surface area contributed by atoms with E-state index in [4.69, 9.17) is 4.74 Å². The standard InChI is InChI=1S/C18H20N2O2/c1-14-17(15-8-4-2-5-9-15)22-13-12-20(14)18(21)19-16-10-6-3-7-11-16/h2-11,14,17H,12-13H2,1H3,(H,19,21). The summed E-state index contributed by atoms with van der Waals surface area (Å²) >= 11 is 0. The van der Waals surface area contributed by atoms with E-state index >= 15 is 0 Å². The van der Waals surface area contributed by atoms with Gasteiger partial charge in [-0.2, -0.15) is 0 Å². The molecule has 2 aromatic carbocycles. The summed E-state index contributed by atoms with van der Waals surface area (Å²) in [4.78, 5) is 14.4. The van der Waals surface area contributed by atoms with Crippen LogP contribution in [0.3, 0.4) is 0 Å². The molecule has 22 heavy (non-hydrogen) atoms. The summed E-state index contributed by atoms with van der Waals surface area (Å²) in [6.45, 7) is 3.18. The normalized spacial score (nSPS) is 21.4. The number of carbonyl (C=O) groups excluding carboxylic acids is 1. The number of nitrogens with zero attached hydrogens (tertiary/aromatic N) is 1. The summed E-state index contributed by atoms with van der Waals surface area (Å²) in [7, 11) is 0. The van der Waals surface area contributed by atoms with Crippen molar-refractivity contribution in [1.82, 2.24) is 4.90 Å². The SMILES string of the molecule is CC1C(c2ccccc2)OCCN1C(=O)Nc1ccccc1. The van der Waals surface area contributed by atoms with Gasteiger partial charge in [-0.15, -0.1) is 0 Å². The summed E-state index contributed by atoms with van der Waals surface area (Å²) in [5.41, 5.74) is 1.91. The zero-order valence-electron chi connectivity index (χ0n) is 12.6. The lowest BCUT2D eigenvalue weighted by molar-refractivity contribution is -0.0478. The molecular weight excluding hydrogens is 276 g/mol. The highest BCUT2D eigenvalue weighted by molar-refractivity contribution is 5.89. The lowest BCUT2D eigenvalue weighted by atomic mass is 10.0. The predicted octanol–water partition coefficient (Wildman–Crippen LogP) is 3.68. The molecule has 0 spiro atoms. The van der Waals surface area contributed by atoms with E-state index in [1.54, 1.807) is 0 Å². The minimum Gasteiger partial charge on any atom is -0.370 e. The van der Waals surface area contributed by atoms with E-state index in [0.717, 1.165) is 11.3 Å². The van der Waals surface area contributed by atoms with Crippen LogP contribution in [-0.2, 0) is 4.74 Å². The van der Waals surface area contributed by atoms with Gasteiger partial charge in [-0.1, -0.05) is 48.5 Å². The number of ether oxygens (including phenoxy) is 1. The summed E-state index contributed by atoms with van der Waals surface area (Å²) in [5.74, 6) is 0. The third-order valence-corrected chi connectivity index (χ3v) is 3.97. The van der Waals surface area contributed by atoms with Crippen LogP contribution in [0.1, 0.15) is 18.6 Å². The monoisotopic (exact) mass is 296 g/mol. The molecule has 1 N–H and O–H groups in total. The second-order valence-electron chi connectivity index (χ2n) is 5.43. The average molecular weight is 296 g/mol. The first kappa shape index (κ1) is 14.6. The Bertz CT molecular complexity index is 615. The minimum absolute atomic E-state index is 0.0140. The zero-order valence-corrected chi connectivity index (χ0v) is 12.6. The van der Waals surface area contributed by atoms with Crippen molar-refractivity contribution >= 4 is 11.7 Å². The van der Waals surface area contributed by atoms with Crippen LogP contribution in [-0.4, -0.2) is 30.1 Å². The van der Waals surface area contributed by atoms with Gasteiger partial charge in [-0.25, -0.2) is 4.79 Å². The quantitative estimate of drug-likeness (QED) is 0.918. The fourth-order valence-electron chi connectivity index (χ4n) is 2.81. The van der Waals surface area contributed by atoms with Gasteiger partial charge in [0.25, 0.3) is 0 Å². The van der Waals surface area contributed by atoms with E-state index in [1.807, 2.05) is 72.5 Å². The highest BCUT2D eigenvalue weighted by Crippen LogP contribution is 2.28. The number of hydrogen-bond acceptors (Lipinski definition) is 2. The summed E-state index contributed by atoms with van der Waals surface area (Å²) in [5, 5.41) is 2.95. The molecule has 0 saturated carbocycles. The molecule has 4 heteroatoms. The van der Waals surface area contributed by atoms with Gasteiger partial charge in [-0.3, -0.25) is 0 Å². The molecule has 0 aliphatic carbocycles. The van der Waals surface area contributed by atoms with Crippen molar-refractivity contribution in [3.8, 4) is 0 Å². The number of benzene rings is 2. The zero-order chi connectivity index (χ0) is 15.4. The third kappa shape index (κ3) is 3.12. The van der Waals surface area contributed by atoms with Crippen molar-refractivity contribution in [2.75, 3.05) is 18.5 Å². The summed E-state index contributed by atoms with van der Waals surface area (Å²) < 4.78 is 5.89. The molecule has 1 aliphatic rings. The molecule has 1 heterocycles. The smallest absolute Gasteiger partial charge is 0.322 e. The van der Waals surface area contributed by atoms with Gasteiger partial charge in [0.05, 0.1) is 12.6 Å². The van der Waals surface area contributed by atoms with Gasteiger partial charge < -0.3 is 15.0 Å². The molecule has 3 rings (SSSR count). The Labute approximate surface area is 130 Å². The van der Waals surface area contributed by atoms with Gasteiger partial charge in [0, 0.05) is 12.2 Å². The lowest BCUT2D eigenvalue weighted by Gasteiger charge is -2.39. The van der Waals surface area contributed by atoms with Gasteiger partial charge >= 0.3 is 6.03 Å². The molecule has 1 fully saturated rings. The molecule has 2 atom stereocenters. The highest BCUT2D eigenvalue weighted by atomic mass is 16.5. The van der Waals surface area contributed by atoms with E-state index in [1.165, 1.54) is 0 Å². The third-order valence-electron chi connectivity index (χ3n) is 3.97. The first-order chi connectivity index (χ1) is 10.8.